The maximum Gasteiger partial charge on any atom is 0.435 e. The second-order valence-corrected chi connectivity index (χ2v) is 6.90. The summed E-state index contributed by atoms with van der Waals surface area (Å²) in [6.07, 6.45) is -8.35. The number of amides is 1. The number of hydrogen-bond donors (Lipinski definition) is 1. The molecule has 1 N–H and O–H groups in total. The van der Waals surface area contributed by atoms with Gasteiger partial charge in [0, 0.05) is 24.9 Å². The van der Waals surface area contributed by atoms with Gasteiger partial charge in [-0.25, -0.2) is 4.98 Å². The number of nitrogens with one attached hydrogen (secondary N) is 1. The van der Waals surface area contributed by atoms with E-state index in [1.54, 1.807) is 0 Å². The first kappa shape index (κ1) is 21.7. The molecule has 0 aromatic carbocycles. The molecule has 3 aromatic rings. The minimum Gasteiger partial charge on any atom is -0.342 e. The average Bonchev–Trinajstić information content (AvgIpc) is 3.28. The van der Waals surface area contributed by atoms with Gasteiger partial charge in [-0.05, 0) is 30.6 Å². The van der Waals surface area contributed by atoms with Crippen LogP contribution in [0.1, 0.15) is 39.8 Å². The van der Waals surface area contributed by atoms with Crippen molar-refractivity contribution in [2.45, 2.75) is 25.3 Å². The summed E-state index contributed by atoms with van der Waals surface area (Å²) in [5, 5.41) is 5.98. The molecule has 0 radical (unpaired) electrons. The zero-order valence-electron chi connectivity index (χ0n) is 15.2. The highest BCUT2D eigenvalue weighted by Gasteiger charge is 2.36. The van der Waals surface area contributed by atoms with Gasteiger partial charge in [-0.3, -0.25) is 14.5 Å². The number of halogens is 6. The quantitative estimate of drug-likeness (QED) is 0.611. The fraction of sp³-hybridized carbons (Fsp3) is 0.312. The molecule has 0 aliphatic heterocycles. The minimum atomic E-state index is -4.70. The number of aryl methyl sites for hydroxylation is 1. The van der Waals surface area contributed by atoms with E-state index >= 15 is 0 Å². The number of aromatic nitrogens is 5. The highest BCUT2D eigenvalue weighted by Crippen LogP contribution is 2.31. The van der Waals surface area contributed by atoms with Crippen LogP contribution in [0, 0.1) is 0 Å². The fourth-order valence-electron chi connectivity index (χ4n) is 2.40. The van der Waals surface area contributed by atoms with Crippen LogP contribution in [-0.4, -0.2) is 30.0 Å². The normalized spacial score (nSPS) is 13.3. The number of pyridine rings is 1. The maximum atomic E-state index is 12.8. The Morgan fingerprint density at radius 1 is 1.13 bits per heavy atom. The van der Waals surface area contributed by atoms with Crippen molar-refractivity contribution in [3.05, 3.63) is 46.5 Å². The van der Waals surface area contributed by atoms with Gasteiger partial charge in [-0.15, -0.1) is 0 Å². The first-order chi connectivity index (χ1) is 13.9. The largest absolute Gasteiger partial charge is 0.435 e. The molecule has 0 spiro atoms. The third kappa shape index (κ3) is 4.58. The Morgan fingerprint density at radius 3 is 2.40 bits per heavy atom. The monoisotopic (exact) mass is 450 g/mol. The van der Waals surface area contributed by atoms with E-state index in [0.29, 0.717) is 6.07 Å². The number of rotatable bonds is 4. The molecule has 7 nitrogen and oxygen atoms in total. The van der Waals surface area contributed by atoms with E-state index in [4.69, 9.17) is 0 Å². The zero-order chi connectivity index (χ0) is 22.3. The second kappa shape index (κ2) is 7.66. The molecule has 0 saturated heterocycles. The third-order valence-electron chi connectivity index (χ3n) is 3.87. The van der Waals surface area contributed by atoms with E-state index in [1.807, 2.05) is 0 Å². The number of hydrogen-bond acceptors (Lipinski definition) is 6. The predicted octanol–water partition coefficient (Wildman–Crippen LogP) is 3.86. The summed E-state index contributed by atoms with van der Waals surface area (Å²) in [7, 11) is 1.19. The standard InChI is InChI=1S/C16H12F6N6OS/c1-7(24-13(29)9-6-11(16(20,21)22)26-28(9)2)14-25-12(27-30-14)8-3-4-23-10(5-8)15(17,18)19/h3-7H,1-2H3,(H,24,29)/t7-/m1/s1. The van der Waals surface area contributed by atoms with Crippen LogP contribution >= 0.6 is 11.5 Å². The van der Waals surface area contributed by atoms with Gasteiger partial charge in [0.25, 0.3) is 5.91 Å². The molecule has 0 aliphatic rings. The molecule has 1 atom stereocenters. The van der Waals surface area contributed by atoms with Crippen molar-refractivity contribution >= 4 is 17.4 Å². The molecule has 3 aromatic heterocycles. The van der Waals surface area contributed by atoms with Crippen molar-refractivity contribution in [2.75, 3.05) is 0 Å². The van der Waals surface area contributed by atoms with Crippen LogP contribution in [-0.2, 0) is 19.4 Å². The summed E-state index contributed by atoms with van der Waals surface area (Å²) in [5.74, 6) is -0.822. The van der Waals surface area contributed by atoms with Crippen molar-refractivity contribution in [1.82, 2.24) is 29.4 Å². The lowest BCUT2D eigenvalue weighted by Gasteiger charge is -2.10. The van der Waals surface area contributed by atoms with Crippen molar-refractivity contribution in [2.24, 2.45) is 7.05 Å². The van der Waals surface area contributed by atoms with E-state index in [1.165, 1.54) is 20.0 Å². The average molecular weight is 450 g/mol. The van der Waals surface area contributed by atoms with Crippen molar-refractivity contribution < 1.29 is 31.1 Å². The molecule has 3 rings (SSSR count). The van der Waals surface area contributed by atoms with Crippen LogP contribution in [0.4, 0.5) is 26.3 Å². The van der Waals surface area contributed by atoms with Crippen LogP contribution in [0.15, 0.2) is 24.4 Å². The van der Waals surface area contributed by atoms with Gasteiger partial charge in [0.2, 0.25) is 0 Å². The summed E-state index contributed by atoms with van der Waals surface area (Å²) >= 11 is 0.837. The Morgan fingerprint density at radius 2 is 1.80 bits per heavy atom. The summed E-state index contributed by atoms with van der Waals surface area (Å²) in [4.78, 5) is 19.7. The Labute approximate surface area is 168 Å². The Kier molecular flexibility index (Phi) is 5.54. The lowest BCUT2D eigenvalue weighted by molar-refractivity contribution is -0.142. The minimum absolute atomic E-state index is 0.00360. The number of carbonyl (C=O) groups excluding carboxylic acids is 1. The highest BCUT2D eigenvalue weighted by atomic mass is 32.1. The van der Waals surface area contributed by atoms with Gasteiger partial charge in [-0.1, -0.05) is 0 Å². The van der Waals surface area contributed by atoms with Crippen molar-refractivity contribution in [3.63, 3.8) is 0 Å². The van der Waals surface area contributed by atoms with E-state index in [0.717, 1.165) is 28.5 Å². The van der Waals surface area contributed by atoms with Gasteiger partial charge in [0.15, 0.2) is 11.5 Å². The van der Waals surface area contributed by atoms with Gasteiger partial charge < -0.3 is 5.32 Å². The van der Waals surface area contributed by atoms with Crippen molar-refractivity contribution in [3.8, 4) is 11.4 Å². The lowest BCUT2D eigenvalue weighted by Crippen LogP contribution is -2.28. The predicted molar refractivity (Wildman–Crippen MR) is 92.2 cm³/mol. The summed E-state index contributed by atoms with van der Waals surface area (Å²) in [5.41, 5.74) is -2.55. The number of alkyl halides is 6. The van der Waals surface area contributed by atoms with E-state index in [9.17, 15) is 31.1 Å². The zero-order valence-corrected chi connectivity index (χ0v) is 16.0. The van der Waals surface area contributed by atoms with Crippen LogP contribution in [0.2, 0.25) is 0 Å². The Balaban J connectivity index is 1.77. The molecule has 160 valence electrons. The molecule has 1 amide bonds. The first-order valence-corrected chi connectivity index (χ1v) is 8.93. The van der Waals surface area contributed by atoms with E-state index in [2.05, 4.69) is 24.8 Å². The molecule has 14 heteroatoms. The Hall–Kier alpha value is -3.03. The smallest absolute Gasteiger partial charge is 0.342 e. The van der Waals surface area contributed by atoms with Crippen LogP contribution in [0.25, 0.3) is 11.4 Å². The number of nitrogens with zero attached hydrogens (tertiary/aromatic N) is 5. The molecule has 3 heterocycles. The maximum absolute atomic E-state index is 12.8. The van der Waals surface area contributed by atoms with Crippen LogP contribution in [0.5, 0.6) is 0 Å². The molecular formula is C16H12F6N6OS. The highest BCUT2D eigenvalue weighted by molar-refractivity contribution is 7.05. The van der Waals surface area contributed by atoms with Gasteiger partial charge >= 0.3 is 12.4 Å². The molecule has 0 bridgehead atoms. The molecular weight excluding hydrogens is 438 g/mol. The molecule has 30 heavy (non-hydrogen) atoms. The summed E-state index contributed by atoms with van der Waals surface area (Å²) in [6.45, 7) is 1.51. The molecule has 0 saturated carbocycles. The summed E-state index contributed by atoms with van der Waals surface area (Å²) < 4.78 is 81.4. The van der Waals surface area contributed by atoms with E-state index < -0.39 is 35.7 Å². The van der Waals surface area contributed by atoms with Crippen LogP contribution < -0.4 is 5.32 Å². The topological polar surface area (TPSA) is 85.6 Å². The van der Waals surface area contributed by atoms with E-state index in [-0.39, 0.29) is 22.1 Å². The summed E-state index contributed by atoms with van der Waals surface area (Å²) in [6, 6.07) is 1.95. The van der Waals surface area contributed by atoms with Crippen LogP contribution in [0.3, 0.4) is 0 Å². The third-order valence-corrected chi connectivity index (χ3v) is 4.77. The van der Waals surface area contributed by atoms with Gasteiger partial charge in [-0.2, -0.15) is 35.8 Å². The van der Waals surface area contributed by atoms with Crippen molar-refractivity contribution in [1.29, 1.82) is 0 Å². The molecule has 0 aliphatic carbocycles. The van der Waals surface area contributed by atoms with Gasteiger partial charge in [0.05, 0.1) is 6.04 Å². The SMILES string of the molecule is C[C@@H](NC(=O)c1cc(C(F)(F)F)nn1C)c1nc(-c2ccnc(C(F)(F)F)c2)ns1. The molecule has 0 fully saturated rings. The molecule has 0 unspecified atom stereocenters. The fourth-order valence-corrected chi connectivity index (χ4v) is 3.07. The first-order valence-electron chi connectivity index (χ1n) is 8.15. The number of carbonyl (C=O) groups is 1. The second-order valence-electron chi connectivity index (χ2n) is 6.12. The Bertz CT molecular complexity index is 1070. The van der Waals surface area contributed by atoms with Gasteiger partial charge in [0.1, 0.15) is 16.4 Å². The lowest BCUT2D eigenvalue weighted by atomic mass is 10.2.